The topological polar surface area (TPSA) is 79.4 Å². The van der Waals surface area contributed by atoms with E-state index in [-0.39, 0.29) is 17.3 Å². The quantitative estimate of drug-likeness (QED) is 0.780. The van der Waals surface area contributed by atoms with Crippen LogP contribution in [0.15, 0.2) is 59.8 Å². The van der Waals surface area contributed by atoms with E-state index in [0.29, 0.717) is 18.0 Å². The van der Waals surface area contributed by atoms with Crippen LogP contribution < -0.4 is 5.32 Å². The zero-order chi connectivity index (χ0) is 20.0. The number of nitrogens with one attached hydrogen (secondary N) is 1. The Balaban J connectivity index is 1.92. The van der Waals surface area contributed by atoms with E-state index in [4.69, 9.17) is 11.6 Å². The summed E-state index contributed by atoms with van der Waals surface area (Å²) in [5.74, 6) is -0.259. The zero-order valence-electron chi connectivity index (χ0n) is 15.3. The molecule has 6 nitrogen and oxygen atoms in total. The summed E-state index contributed by atoms with van der Waals surface area (Å²) >= 11 is 5.90. The lowest BCUT2D eigenvalue weighted by Crippen LogP contribution is -2.48. The molecule has 1 aliphatic heterocycles. The number of hydrogen-bond acceptors (Lipinski definition) is 4. The molecule has 1 saturated heterocycles. The summed E-state index contributed by atoms with van der Waals surface area (Å²) in [6, 6.07) is 8.92. The summed E-state index contributed by atoms with van der Waals surface area (Å²) in [6.07, 6.45) is 9.00. The minimum Gasteiger partial charge on any atom is -0.355 e. The van der Waals surface area contributed by atoms with Gasteiger partial charge in [-0.2, -0.15) is 4.31 Å². The largest absolute Gasteiger partial charge is 0.355 e. The van der Waals surface area contributed by atoms with Crippen molar-refractivity contribution in [2.24, 2.45) is 0 Å². The molecule has 148 valence electrons. The van der Waals surface area contributed by atoms with Crippen LogP contribution in [-0.4, -0.2) is 42.7 Å². The van der Waals surface area contributed by atoms with Crippen molar-refractivity contribution < 1.29 is 13.2 Å². The molecule has 28 heavy (non-hydrogen) atoms. The maximum Gasteiger partial charge on any atom is 0.244 e. The van der Waals surface area contributed by atoms with Gasteiger partial charge in [0.25, 0.3) is 0 Å². The smallest absolute Gasteiger partial charge is 0.244 e. The van der Waals surface area contributed by atoms with Crippen LogP contribution in [0.4, 0.5) is 0 Å². The standard InChI is InChI=1S/C20H22ClN3O3S/c21-17-8-10-18(11-9-17)28(26,27)24(19-7-1-2-13-23-20(19)25)14-4-6-16-5-3-12-22-15-16/h3-6,8-12,15,19H,1-2,7,13-14H2,(H,23,25)/b6-4+/t19-/m1/s1. The van der Waals surface area contributed by atoms with Crippen LogP contribution >= 0.6 is 11.6 Å². The van der Waals surface area contributed by atoms with Crippen LogP contribution in [-0.2, 0) is 14.8 Å². The highest BCUT2D eigenvalue weighted by molar-refractivity contribution is 7.89. The Bertz CT molecular complexity index is 931. The molecule has 2 aromatic rings. The van der Waals surface area contributed by atoms with Gasteiger partial charge in [-0.3, -0.25) is 9.78 Å². The predicted molar refractivity (Wildman–Crippen MR) is 109 cm³/mol. The number of rotatable bonds is 6. The van der Waals surface area contributed by atoms with Gasteiger partial charge in [-0.1, -0.05) is 29.8 Å². The fourth-order valence-corrected chi connectivity index (χ4v) is 4.80. The molecule has 0 spiro atoms. The molecule has 0 unspecified atom stereocenters. The SMILES string of the molecule is O=C1NCCCC[C@H]1N(C/C=C/c1cccnc1)S(=O)(=O)c1ccc(Cl)cc1. The average molecular weight is 420 g/mol. The molecule has 1 N–H and O–H groups in total. The van der Waals surface area contributed by atoms with Gasteiger partial charge in [-0.15, -0.1) is 0 Å². The van der Waals surface area contributed by atoms with E-state index in [9.17, 15) is 13.2 Å². The third-order valence-electron chi connectivity index (χ3n) is 4.55. The maximum atomic E-state index is 13.3. The highest BCUT2D eigenvalue weighted by Crippen LogP contribution is 2.24. The van der Waals surface area contributed by atoms with Crippen molar-refractivity contribution in [3.63, 3.8) is 0 Å². The predicted octanol–water partition coefficient (Wildman–Crippen LogP) is 3.11. The van der Waals surface area contributed by atoms with Crippen LogP contribution in [0.25, 0.3) is 6.08 Å². The van der Waals surface area contributed by atoms with Gasteiger partial charge < -0.3 is 5.32 Å². The van der Waals surface area contributed by atoms with Crippen molar-refractivity contribution in [2.75, 3.05) is 13.1 Å². The first-order chi connectivity index (χ1) is 13.5. The Kier molecular flexibility index (Phi) is 6.83. The molecule has 3 rings (SSSR count). The molecule has 8 heteroatoms. The van der Waals surface area contributed by atoms with Gasteiger partial charge in [0.05, 0.1) is 4.90 Å². The van der Waals surface area contributed by atoms with Crippen molar-refractivity contribution in [2.45, 2.75) is 30.2 Å². The number of benzene rings is 1. The van der Waals surface area contributed by atoms with Crippen molar-refractivity contribution in [3.05, 3.63) is 65.5 Å². The van der Waals surface area contributed by atoms with Gasteiger partial charge in [-0.25, -0.2) is 8.42 Å². The number of hydrogen-bond donors (Lipinski definition) is 1. The molecule has 0 aliphatic carbocycles. The molecule has 1 atom stereocenters. The maximum absolute atomic E-state index is 13.3. The third kappa shape index (κ3) is 4.98. The molecule has 0 radical (unpaired) electrons. The average Bonchev–Trinajstić information content (AvgIpc) is 2.90. The Hall–Kier alpha value is -2.22. The Morgan fingerprint density at radius 2 is 2.00 bits per heavy atom. The molecular weight excluding hydrogens is 398 g/mol. The summed E-state index contributed by atoms with van der Waals surface area (Å²) < 4.78 is 27.9. The molecule has 0 bridgehead atoms. The number of amides is 1. The Morgan fingerprint density at radius 1 is 1.21 bits per heavy atom. The van der Waals surface area contributed by atoms with Gasteiger partial charge in [0.15, 0.2) is 0 Å². The van der Waals surface area contributed by atoms with Crippen molar-refractivity contribution in [1.82, 2.24) is 14.6 Å². The second-order valence-electron chi connectivity index (χ2n) is 6.52. The normalized spacial score (nSPS) is 18.2. The van der Waals surface area contributed by atoms with Gasteiger partial charge in [-0.05, 0) is 55.2 Å². The first-order valence-electron chi connectivity index (χ1n) is 9.10. The van der Waals surface area contributed by atoms with Crippen molar-refractivity contribution in [1.29, 1.82) is 0 Å². The van der Waals surface area contributed by atoms with Crippen LogP contribution in [0.2, 0.25) is 5.02 Å². The lowest BCUT2D eigenvalue weighted by Gasteiger charge is -2.28. The summed E-state index contributed by atoms with van der Waals surface area (Å²) in [7, 11) is -3.87. The van der Waals surface area contributed by atoms with Crippen LogP contribution in [0.3, 0.4) is 0 Å². The summed E-state index contributed by atoms with van der Waals surface area (Å²) in [5.41, 5.74) is 0.858. The summed E-state index contributed by atoms with van der Waals surface area (Å²) in [6.45, 7) is 0.646. The highest BCUT2D eigenvalue weighted by atomic mass is 35.5. The van der Waals surface area contributed by atoms with E-state index in [1.54, 1.807) is 30.6 Å². The van der Waals surface area contributed by atoms with Gasteiger partial charge in [0.1, 0.15) is 6.04 Å². The van der Waals surface area contributed by atoms with Gasteiger partial charge in [0.2, 0.25) is 15.9 Å². The van der Waals surface area contributed by atoms with Crippen molar-refractivity contribution in [3.8, 4) is 0 Å². The number of halogens is 1. The number of aromatic nitrogens is 1. The minimum absolute atomic E-state index is 0.0813. The number of sulfonamides is 1. The summed E-state index contributed by atoms with van der Waals surface area (Å²) in [4.78, 5) is 16.7. The molecule has 1 aliphatic rings. The Morgan fingerprint density at radius 3 is 2.71 bits per heavy atom. The van der Waals surface area contributed by atoms with Crippen LogP contribution in [0, 0.1) is 0 Å². The lowest BCUT2D eigenvalue weighted by molar-refractivity contribution is -0.124. The van der Waals surface area contributed by atoms with Gasteiger partial charge >= 0.3 is 0 Å². The summed E-state index contributed by atoms with van der Waals surface area (Å²) in [5, 5.41) is 3.27. The number of carbonyl (C=O) groups is 1. The van der Waals surface area contributed by atoms with Gasteiger partial charge in [0, 0.05) is 30.5 Å². The van der Waals surface area contributed by atoms with E-state index in [2.05, 4.69) is 10.3 Å². The lowest BCUT2D eigenvalue weighted by atomic mass is 10.1. The highest BCUT2D eigenvalue weighted by Gasteiger charge is 2.35. The molecule has 1 aromatic carbocycles. The molecule has 1 aromatic heterocycles. The second-order valence-corrected chi connectivity index (χ2v) is 8.85. The fourth-order valence-electron chi connectivity index (χ4n) is 3.10. The molecule has 0 saturated carbocycles. The molecular formula is C20H22ClN3O3S. The molecule has 1 amide bonds. The Labute approximate surface area is 170 Å². The van der Waals surface area contributed by atoms with E-state index in [1.165, 1.54) is 28.6 Å². The first-order valence-corrected chi connectivity index (χ1v) is 10.9. The number of nitrogens with zero attached hydrogens (tertiary/aromatic N) is 2. The van der Waals surface area contributed by atoms with E-state index < -0.39 is 16.1 Å². The molecule has 2 heterocycles. The van der Waals surface area contributed by atoms with Crippen LogP contribution in [0.5, 0.6) is 0 Å². The van der Waals surface area contributed by atoms with Crippen LogP contribution in [0.1, 0.15) is 24.8 Å². The van der Waals surface area contributed by atoms with Crippen molar-refractivity contribution >= 4 is 33.6 Å². The first kappa shape index (κ1) is 20.5. The third-order valence-corrected chi connectivity index (χ3v) is 6.70. The van der Waals surface area contributed by atoms with E-state index in [1.807, 2.05) is 6.07 Å². The van der Waals surface area contributed by atoms with E-state index >= 15 is 0 Å². The second kappa shape index (κ2) is 9.32. The molecule has 1 fully saturated rings. The monoisotopic (exact) mass is 419 g/mol. The fraction of sp³-hybridized carbons (Fsp3) is 0.300. The van der Waals surface area contributed by atoms with E-state index in [0.717, 1.165) is 18.4 Å². The number of pyridine rings is 1. The zero-order valence-corrected chi connectivity index (χ0v) is 16.9. The minimum atomic E-state index is -3.87. The number of carbonyl (C=O) groups excluding carboxylic acids is 1.